The lowest BCUT2D eigenvalue weighted by molar-refractivity contribution is -0.202. The Morgan fingerprint density at radius 1 is 1.00 bits per heavy atom. The summed E-state index contributed by atoms with van der Waals surface area (Å²) in [6.07, 6.45) is 11.3. The number of aliphatic hydroxyl groups excluding tert-OH is 2. The zero-order valence-corrected chi connectivity index (χ0v) is 28.8. The topological polar surface area (TPSA) is 117 Å². The molecule has 2 unspecified atom stereocenters. The molecule has 1 aromatic rings. The van der Waals surface area contributed by atoms with Gasteiger partial charge in [-0.05, 0) is 117 Å². The van der Waals surface area contributed by atoms with Crippen molar-refractivity contribution in [1.29, 1.82) is 0 Å². The SMILES string of the molecule is Cc1ncc(COC(=O)[C@@]2(C)CC[C@]3(C)CC[C@]4(C)C(=CC(=O)C5[C@@]6(C)CC[C@H](O)C(C)(C)C6CC[C@]54C)[C@H]3C2)c(CO)c1O. The zero-order chi connectivity index (χ0) is 33.0. The molecule has 6 rings (SSSR count). The minimum absolute atomic E-state index is 0.0172. The van der Waals surface area contributed by atoms with Gasteiger partial charge in [0.25, 0.3) is 0 Å². The Morgan fingerprint density at radius 2 is 1.69 bits per heavy atom. The van der Waals surface area contributed by atoms with Crippen LogP contribution >= 0.6 is 0 Å². The van der Waals surface area contributed by atoms with Gasteiger partial charge in [0.15, 0.2) is 5.78 Å². The maximum absolute atomic E-state index is 14.6. The van der Waals surface area contributed by atoms with Crippen LogP contribution in [0.25, 0.3) is 0 Å². The smallest absolute Gasteiger partial charge is 0.312 e. The Balaban J connectivity index is 1.31. The summed E-state index contributed by atoms with van der Waals surface area (Å²) in [7, 11) is 0. The molecule has 5 aliphatic carbocycles. The molecule has 248 valence electrons. The first-order chi connectivity index (χ1) is 20.9. The lowest BCUT2D eigenvalue weighted by Crippen LogP contribution is -2.66. The van der Waals surface area contributed by atoms with Crippen molar-refractivity contribution in [1.82, 2.24) is 4.98 Å². The number of pyridine rings is 1. The third-order valence-corrected chi connectivity index (χ3v) is 15.0. The molecule has 7 heteroatoms. The highest BCUT2D eigenvalue weighted by molar-refractivity contribution is 5.95. The quantitative estimate of drug-likeness (QED) is 0.311. The summed E-state index contributed by atoms with van der Waals surface area (Å²) in [6.45, 7) is 17.2. The highest BCUT2D eigenvalue weighted by Crippen LogP contribution is 2.75. The lowest BCUT2D eigenvalue weighted by atomic mass is 9.33. The average molecular weight is 622 g/mol. The molecule has 45 heavy (non-hydrogen) atoms. The first-order valence-corrected chi connectivity index (χ1v) is 17.3. The van der Waals surface area contributed by atoms with E-state index in [9.17, 15) is 24.9 Å². The molecule has 0 amide bonds. The number of ether oxygens (including phenoxy) is 1. The number of aliphatic hydroxyl groups is 2. The van der Waals surface area contributed by atoms with E-state index >= 15 is 0 Å². The van der Waals surface area contributed by atoms with Crippen LogP contribution < -0.4 is 0 Å². The van der Waals surface area contributed by atoms with Gasteiger partial charge in [-0.3, -0.25) is 14.6 Å². The maximum Gasteiger partial charge on any atom is 0.312 e. The van der Waals surface area contributed by atoms with Gasteiger partial charge < -0.3 is 20.1 Å². The van der Waals surface area contributed by atoms with E-state index in [2.05, 4.69) is 46.5 Å². The fraction of sp³-hybridized carbons (Fsp3) is 0.763. The Labute approximate surface area is 269 Å². The molecule has 4 fully saturated rings. The Bertz CT molecular complexity index is 1450. The Morgan fingerprint density at radius 3 is 2.38 bits per heavy atom. The van der Waals surface area contributed by atoms with E-state index in [1.165, 1.54) is 5.57 Å². The molecule has 4 saturated carbocycles. The molecular formula is C38H55NO6. The van der Waals surface area contributed by atoms with Crippen molar-refractivity contribution in [3.8, 4) is 5.75 Å². The fourth-order valence-electron chi connectivity index (χ4n) is 11.7. The number of fused-ring (bicyclic) bond motifs is 7. The molecule has 0 aromatic carbocycles. The van der Waals surface area contributed by atoms with Crippen molar-refractivity contribution in [2.45, 2.75) is 132 Å². The van der Waals surface area contributed by atoms with E-state index in [1.807, 2.05) is 13.0 Å². The molecule has 9 atom stereocenters. The second-order valence-corrected chi connectivity index (χ2v) is 17.6. The van der Waals surface area contributed by atoms with Crippen LogP contribution in [-0.4, -0.2) is 38.2 Å². The number of aromatic nitrogens is 1. The number of carbonyl (C=O) groups is 2. The standard InChI is InChI=1S/C38H55NO6/c1-22-30(43)24(20-40)23(19-39-22)21-45-32(44)35(5)14-13-34(4)15-16-37(7)25(26(34)18-35)17-27(41)31-36(6)11-10-29(42)33(2,3)28(36)9-12-38(31,37)8/h17,19,26,28-29,31,40,42-43H,9-16,18,20-21H2,1-8H3/t26-,28?,29+,31?,34-,35+,36+,37-,38-/m1/s1. The van der Waals surface area contributed by atoms with Crippen LogP contribution in [0.15, 0.2) is 17.8 Å². The molecular weight excluding hydrogens is 566 g/mol. The summed E-state index contributed by atoms with van der Waals surface area (Å²) in [6, 6.07) is 0. The van der Waals surface area contributed by atoms with Crippen LogP contribution in [0.1, 0.15) is 123 Å². The fourth-order valence-corrected chi connectivity index (χ4v) is 11.7. The molecule has 0 aliphatic heterocycles. The van der Waals surface area contributed by atoms with Crippen LogP contribution in [-0.2, 0) is 27.5 Å². The third kappa shape index (κ3) is 4.45. The number of nitrogens with zero attached hydrogens (tertiary/aromatic N) is 1. The molecule has 3 N–H and O–H groups in total. The summed E-state index contributed by atoms with van der Waals surface area (Å²) < 4.78 is 5.90. The van der Waals surface area contributed by atoms with Gasteiger partial charge in [-0.1, -0.05) is 47.1 Å². The summed E-state index contributed by atoms with van der Waals surface area (Å²) >= 11 is 0. The number of ketones is 1. The highest BCUT2D eigenvalue weighted by Gasteiger charge is 2.70. The number of rotatable bonds is 4. The van der Waals surface area contributed by atoms with Gasteiger partial charge in [-0.25, -0.2) is 0 Å². The van der Waals surface area contributed by atoms with Gasteiger partial charge in [0.1, 0.15) is 12.4 Å². The predicted molar refractivity (Wildman–Crippen MR) is 172 cm³/mol. The van der Waals surface area contributed by atoms with Crippen molar-refractivity contribution < 1.29 is 29.6 Å². The van der Waals surface area contributed by atoms with E-state index in [0.717, 1.165) is 51.4 Å². The van der Waals surface area contributed by atoms with Crippen LogP contribution in [0.5, 0.6) is 5.75 Å². The third-order valence-electron chi connectivity index (χ3n) is 15.0. The van der Waals surface area contributed by atoms with Crippen molar-refractivity contribution in [3.05, 3.63) is 34.7 Å². The molecule has 7 nitrogen and oxygen atoms in total. The number of allylic oxidation sites excluding steroid dienone is 2. The van der Waals surface area contributed by atoms with Crippen LogP contribution in [0, 0.1) is 57.2 Å². The molecule has 5 aliphatic rings. The highest BCUT2D eigenvalue weighted by atomic mass is 16.5. The summed E-state index contributed by atoms with van der Waals surface area (Å²) in [4.78, 5) is 32.6. The normalized spacial score (nSPS) is 43.7. The number of hydrogen-bond donors (Lipinski definition) is 3. The minimum atomic E-state index is -0.712. The van der Waals surface area contributed by atoms with Crippen molar-refractivity contribution in [2.75, 3.05) is 0 Å². The van der Waals surface area contributed by atoms with Crippen LogP contribution in [0.4, 0.5) is 0 Å². The van der Waals surface area contributed by atoms with E-state index in [-0.39, 0.29) is 75.7 Å². The molecule has 0 radical (unpaired) electrons. The zero-order valence-electron chi connectivity index (χ0n) is 28.8. The summed E-state index contributed by atoms with van der Waals surface area (Å²) in [5, 5.41) is 31.2. The summed E-state index contributed by atoms with van der Waals surface area (Å²) in [5.74, 6) is 0.248. The Hall–Kier alpha value is -2.25. The lowest BCUT2D eigenvalue weighted by Gasteiger charge is -2.70. The molecule has 0 saturated heterocycles. The van der Waals surface area contributed by atoms with E-state index in [4.69, 9.17) is 4.74 Å². The average Bonchev–Trinajstić information content (AvgIpc) is 2.97. The second-order valence-electron chi connectivity index (χ2n) is 17.6. The number of aryl methyl sites for hydroxylation is 1. The first-order valence-electron chi connectivity index (χ1n) is 17.3. The predicted octanol–water partition coefficient (Wildman–Crippen LogP) is 6.97. The van der Waals surface area contributed by atoms with Crippen molar-refractivity contribution in [2.24, 2.45) is 50.2 Å². The molecule has 0 bridgehead atoms. The second kappa shape index (κ2) is 10.4. The van der Waals surface area contributed by atoms with Gasteiger partial charge >= 0.3 is 5.97 Å². The van der Waals surface area contributed by atoms with Crippen LogP contribution in [0.3, 0.4) is 0 Å². The van der Waals surface area contributed by atoms with Gasteiger partial charge in [0, 0.05) is 23.2 Å². The van der Waals surface area contributed by atoms with E-state index < -0.39 is 5.41 Å². The minimum Gasteiger partial charge on any atom is -0.506 e. The molecule has 1 aromatic heterocycles. The summed E-state index contributed by atoms with van der Waals surface area (Å²) in [5.41, 5.74) is 1.12. The number of esters is 1. The van der Waals surface area contributed by atoms with E-state index in [1.54, 1.807) is 13.1 Å². The van der Waals surface area contributed by atoms with Crippen molar-refractivity contribution >= 4 is 11.8 Å². The van der Waals surface area contributed by atoms with Gasteiger partial charge in [-0.15, -0.1) is 0 Å². The maximum atomic E-state index is 14.6. The number of carbonyl (C=O) groups excluding carboxylic acids is 2. The number of hydrogen-bond acceptors (Lipinski definition) is 7. The molecule has 0 spiro atoms. The van der Waals surface area contributed by atoms with Gasteiger partial charge in [0.2, 0.25) is 0 Å². The van der Waals surface area contributed by atoms with Crippen molar-refractivity contribution in [3.63, 3.8) is 0 Å². The van der Waals surface area contributed by atoms with Gasteiger partial charge in [-0.2, -0.15) is 0 Å². The van der Waals surface area contributed by atoms with Crippen LogP contribution in [0.2, 0.25) is 0 Å². The first kappa shape index (κ1) is 32.7. The monoisotopic (exact) mass is 621 g/mol. The molecule has 1 heterocycles. The van der Waals surface area contributed by atoms with Gasteiger partial charge in [0.05, 0.1) is 23.8 Å². The largest absolute Gasteiger partial charge is 0.506 e. The van der Waals surface area contributed by atoms with E-state index in [0.29, 0.717) is 29.2 Å². The Kier molecular flexibility index (Phi) is 7.53. The number of aromatic hydroxyl groups is 1.